The van der Waals surface area contributed by atoms with Crippen molar-refractivity contribution in [3.8, 4) is 0 Å². The average molecular weight is 351 g/mol. The van der Waals surface area contributed by atoms with Gasteiger partial charge in [0.2, 0.25) is 0 Å². The lowest BCUT2D eigenvalue weighted by Crippen LogP contribution is -2.18. The van der Waals surface area contributed by atoms with Crippen LogP contribution in [0.3, 0.4) is 0 Å². The average Bonchev–Trinajstić information content (AvgIpc) is 2.43. The number of nitrogen functional groups attached to an aromatic ring is 1. The Bertz CT molecular complexity index is 763. The SMILES string of the molecule is NNc1ccncc1S(=O)(=O)Nc1c(Cl)cc(F)cc1Cl. The highest BCUT2D eigenvalue weighted by Crippen LogP contribution is 2.33. The summed E-state index contributed by atoms with van der Waals surface area (Å²) in [5.41, 5.74) is 2.24. The molecule has 1 aromatic carbocycles. The van der Waals surface area contributed by atoms with Gasteiger partial charge in [0.15, 0.2) is 0 Å². The number of nitrogens with zero attached hydrogens (tertiary/aromatic N) is 1. The zero-order valence-electron chi connectivity index (χ0n) is 10.3. The van der Waals surface area contributed by atoms with E-state index in [1.54, 1.807) is 0 Å². The van der Waals surface area contributed by atoms with Crippen molar-refractivity contribution in [1.29, 1.82) is 0 Å². The van der Waals surface area contributed by atoms with Crippen LogP contribution in [-0.2, 0) is 10.0 Å². The summed E-state index contributed by atoms with van der Waals surface area (Å²) in [6.45, 7) is 0. The fourth-order valence-corrected chi connectivity index (χ4v) is 3.42. The molecule has 0 radical (unpaired) electrons. The van der Waals surface area contributed by atoms with Gasteiger partial charge in [0, 0.05) is 12.4 Å². The van der Waals surface area contributed by atoms with Gasteiger partial charge >= 0.3 is 0 Å². The molecular formula is C11H9Cl2FN4O2S. The van der Waals surface area contributed by atoms with Crippen LogP contribution in [0.1, 0.15) is 0 Å². The van der Waals surface area contributed by atoms with Crippen LogP contribution in [0.25, 0.3) is 0 Å². The Kier molecular flexibility index (Phi) is 4.52. The maximum Gasteiger partial charge on any atom is 0.265 e. The van der Waals surface area contributed by atoms with Crippen LogP contribution in [0.15, 0.2) is 35.5 Å². The summed E-state index contributed by atoms with van der Waals surface area (Å²) in [4.78, 5) is 3.51. The van der Waals surface area contributed by atoms with Gasteiger partial charge in [0.25, 0.3) is 10.0 Å². The smallest absolute Gasteiger partial charge is 0.265 e. The van der Waals surface area contributed by atoms with Gasteiger partial charge in [0.05, 0.1) is 21.4 Å². The number of pyridine rings is 1. The highest BCUT2D eigenvalue weighted by Gasteiger charge is 2.21. The molecule has 0 saturated heterocycles. The molecule has 112 valence electrons. The third kappa shape index (κ3) is 3.35. The number of nitrogens with one attached hydrogen (secondary N) is 2. The van der Waals surface area contributed by atoms with Gasteiger partial charge in [-0.15, -0.1) is 0 Å². The number of nitrogens with two attached hydrogens (primary N) is 1. The minimum absolute atomic E-state index is 0.131. The van der Waals surface area contributed by atoms with Crippen LogP contribution in [0, 0.1) is 5.82 Å². The van der Waals surface area contributed by atoms with Crippen LogP contribution < -0.4 is 16.0 Å². The second kappa shape index (κ2) is 6.02. The first-order valence-electron chi connectivity index (χ1n) is 5.43. The zero-order valence-corrected chi connectivity index (χ0v) is 12.6. The van der Waals surface area contributed by atoms with Crippen molar-refractivity contribution in [3.05, 3.63) is 46.5 Å². The van der Waals surface area contributed by atoms with Gasteiger partial charge in [-0.25, -0.2) is 12.8 Å². The van der Waals surface area contributed by atoms with E-state index in [4.69, 9.17) is 29.0 Å². The highest BCUT2D eigenvalue weighted by atomic mass is 35.5. The standard InChI is InChI=1S/C11H9Cl2FN4O2S/c12-7-3-6(14)4-8(13)11(7)18-21(19,20)10-5-16-2-1-9(10)17-15/h1-5,18H,15H2,(H,16,17). The molecule has 2 aromatic rings. The molecule has 1 aromatic heterocycles. The number of benzene rings is 1. The molecular weight excluding hydrogens is 342 g/mol. The summed E-state index contributed by atoms with van der Waals surface area (Å²) in [5.74, 6) is 4.57. The third-order valence-electron chi connectivity index (χ3n) is 2.47. The van der Waals surface area contributed by atoms with Crippen molar-refractivity contribution in [2.24, 2.45) is 5.84 Å². The normalized spacial score (nSPS) is 11.2. The van der Waals surface area contributed by atoms with Crippen molar-refractivity contribution in [1.82, 2.24) is 4.98 Å². The predicted molar refractivity (Wildman–Crippen MR) is 79.3 cm³/mol. The molecule has 0 aliphatic rings. The van der Waals surface area contributed by atoms with Crippen LogP contribution in [0.2, 0.25) is 10.0 Å². The molecule has 0 aliphatic carbocycles. The minimum Gasteiger partial charge on any atom is -0.323 e. The Morgan fingerprint density at radius 1 is 1.24 bits per heavy atom. The Hall–Kier alpha value is -1.61. The van der Waals surface area contributed by atoms with Gasteiger partial charge in [-0.2, -0.15) is 0 Å². The molecule has 4 N–H and O–H groups in total. The van der Waals surface area contributed by atoms with Gasteiger partial charge in [-0.1, -0.05) is 23.2 Å². The number of aromatic nitrogens is 1. The van der Waals surface area contributed by atoms with Crippen LogP contribution >= 0.6 is 23.2 Å². The second-order valence-corrected chi connectivity index (χ2v) is 6.33. The Morgan fingerprint density at radius 2 is 1.86 bits per heavy atom. The summed E-state index contributed by atoms with van der Waals surface area (Å²) in [7, 11) is -4.06. The topological polar surface area (TPSA) is 97.1 Å². The van der Waals surface area contributed by atoms with Crippen molar-refractivity contribution in [3.63, 3.8) is 0 Å². The largest absolute Gasteiger partial charge is 0.323 e. The van der Waals surface area contributed by atoms with Crippen molar-refractivity contribution in [2.45, 2.75) is 4.90 Å². The van der Waals surface area contributed by atoms with E-state index in [1.165, 1.54) is 12.3 Å². The van der Waals surface area contributed by atoms with Crippen molar-refractivity contribution < 1.29 is 12.8 Å². The van der Waals surface area contributed by atoms with Gasteiger partial charge in [-0.3, -0.25) is 15.5 Å². The molecule has 0 atom stereocenters. The van der Waals surface area contributed by atoms with E-state index in [-0.39, 0.29) is 26.3 Å². The maximum atomic E-state index is 13.1. The summed E-state index contributed by atoms with van der Waals surface area (Å²) in [5, 5.41) is -0.343. The summed E-state index contributed by atoms with van der Waals surface area (Å²) >= 11 is 11.6. The predicted octanol–water partition coefficient (Wildman–Crippen LogP) is 2.61. The Labute approximate surface area is 130 Å². The quantitative estimate of drug-likeness (QED) is 0.581. The molecule has 10 heteroatoms. The molecule has 21 heavy (non-hydrogen) atoms. The highest BCUT2D eigenvalue weighted by molar-refractivity contribution is 7.93. The summed E-state index contributed by atoms with van der Waals surface area (Å²) in [6, 6.07) is 3.26. The van der Waals surface area contributed by atoms with E-state index < -0.39 is 15.8 Å². The number of hydrogen-bond donors (Lipinski definition) is 3. The fraction of sp³-hybridized carbons (Fsp3) is 0. The minimum atomic E-state index is -4.06. The third-order valence-corrected chi connectivity index (χ3v) is 4.45. The lowest BCUT2D eigenvalue weighted by molar-refractivity contribution is 0.601. The van der Waals surface area contributed by atoms with E-state index >= 15 is 0 Å². The number of anilines is 2. The summed E-state index contributed by atoms with van der Waals surface area (Å²) in [6.07, 6.45) is 2.47. The molecule has 0 saturated carbocycles. The molecule has 2 rings (SSSR count). The molecule has 0 fully saturated rings. The molecule has 6 nitrogen and oxygen atoms in total. The van der Waals surface area contributed by atoms with Crippen molar-refractivity contribution in [2.75, 3.05) is 10.1 Å². The molecule has 1 heterocycles. The van der Waals surface area contributed by atoms with Gasteiger partial charge in [0.1, 0.15) is 10.7 Å². The van der Waals surface area contributed by atoms with E-state index in [9.17, 15) is 12.8 Å². The Morgan fingerprint density at radius 3 is 2.43 bits per heavy atom. The van der Waals surface area contributed by atoms with E-state index in [2.05, 4.69) is 15.1 Å². The van der Waals surface area contributed by atoms with E-state index in [1.807, 2.05) is 0 Å². The fourth-order valence-electron chi connectivity index (χ4n) is 1.54. The number of halogens is 3. The van der Waals surface area contributed by atoms with E-state index in [0.717, 1.165) is 18.3 Å². The molecule has 0 unspecified atom stereocenters. The maximum absolute atomic E-state index is 13.1. The lowest BCUT2D eigenvalue weighted by Gasteiger charge is -2.13. The van der Waals surface area contributed by atoms with Crippen LogP contribution in [0.4, 0.5) is 15.8 Å². The molecule has 0 bridgehead atoms. The Balaban J connectivity index is 2.48. The first-order valence-corrected chi connectivity index (χ1v) is 7.67. The number of sulfonamides is 1. The number of hydrazine groups is 1. The van der Waals surface area contributed by atoms with Crippen LogP contribution in [-0.4, -0.2) is 13.4 Å². The van der Waals surface area contributed by atoms with Crippen LogP contribution in [0.5, 0.6) is 0 Å². The number of hydrogen-bond acceptors (Lipinski definition) is 5. The van der Waals surface area contributed by atoms with E-state index in [0.29, 0.717) is 0 Å². The second-order valence-electron chi connectivity index (χ2n) is 3.87. The lowest BCUT2D eigenvalue weighted by atomic mass is 10.3. The zero-order chi connectivity index (χ0) is 15.6. The first-order chi connectivity index (χ1) is 9.85. The molecule has 0 spiro atoms. The summed E-state index contributed by atoms with van der Waals surface area (Å²) < 4.78 is 39.9. The monoisotopic (exact) mass is 350 g/mol. The molecule has 0 aliphatic heterocycles. The van der Waals surface area contributed by atoms with Gasteiger partial charge < -0.3 is 5.43 Å². The molecule has 0 amide bonds. The van der Waals surface area contributed by atoms with Gasteiger partial charge in [-0.05, 0) is 18.2 Å². The van der Waals surface area contributed by atoms with Crippen molar-refractivity contribution >= 4 is 44.6 Å². The number of rotatable bonds is 4. The first kappa shape index (κ1) is 15.8.